The van der Waals surface area contributed by atoms with Gasteiger partial charge in [0.15, 0.2) is 0 Å². The van der Waals surface area contributed by atoms with Gasteiger partial charge in [0.2, 0.25) is 0 Å². The fraction of sp³-hybridized carbons (Fsp3) is 0.200. The number of aromatic nitrogens is 3. The zero-order chi connectivity index (χ0) is 20.4. The van der Waals surface area contributed by atoms with E-state index in [9.17, 15) is 14.7 Å². The predicted octanol–water partition coefficient (Wildman–Crippen LogP) is 2.90. The molecule has 3 rings (SSSR count). The molecule has 1 aromatic carbocycles. The van der Waals surface area contributed by atoms with Crippen LogP contribution in [0.3, 0.4) is 0 Å². The van der Waals surface area contributed by atoms with Crippen molar-refractivity contribution in [2.75, 3.05) is 19.4 Å². The van der Waals surface area contributed by atoms with Crippen molar-refractivity contribution < 1.29 is 14.7 Å². The number of fused-ring (bicyclic) bond motifs is 1. The van der Waals surface area contributed by atoms with Crippen LogP contribution >= 0.6 is 0 Å². The Morgan fingerprint density at radius 1 is 1.29 bits per heavy atom. The quantitative estimate of drug-likeness (QED) is 0.568. The molecule has 0 radical (unpaired) electrons. The molecule has 0 aliphatic heterocycles. The van der Waals surface area contributed by atoms with Crippen molar-refractivity contribution in [1.29, 1.82) is 0 Å². The maximum Gasteiger partial charge on any atom is 0.338 e. The van der Waals surface area contributed by atoms with Crippen molar-refractivity contribution in [2.24, 2.45) is 0 Å². The number of hydrogen-bond acceptors (Lipinski definition) is 5. The molecule has 0 aliphatic carbocycles. The van der Waals surface area contributed by atoms with Crippen LogP contribution < -0.4 is 5.32 Å². The van der Waals surface area contributed by atoms with Crippen LogP contribution in [0.2, 0.25) is 0 Å². The first-order chi connectivity index (χ1) is 13.3. The number of carbonyl (C=O) groups is 2. The molecule has 3 aromatic rings. The van der Waals surface area contributed by atoms with Gasteiger partial charge in [0.1, 0.15) is 12.0 Å². The van der Waals surface area contributed by atoms with Crippen molar-refractivity contribution >= 4 is 28.6 Å². The summed E-state index contributed by atoms with van der Waals surface area (Å²) in [4.78, 5) is 37.0. The molecule has 0 spiro atoms. The Morgan fingerprint density at radius 3 is 2.68 bits per heavy atom. The number of H-pyrrole nitrogens is 1. The van der Waals surface area contributed by atoms with E-state index in [1.54, 1.807) is 13.0 Å². The number of nitrogens with one attached hydrogen (secondary N) is 2. The van der Waals surface area contributed by atoms with Crippen LogP contribution in [-0.2, 0) is 11.3 Å². The third-order valence-corrected chi connectivity index (χ3v) is 4.21. The number of rotatable bonds is 6. The van der Waals surface area contributed by atoms with E-state index in [2.05, 4.69) is 26.8 Å². The number of nitrogens with zero attached hydrogens (tertiary/aromatic N) is 3. The Kier molecular flexibility index (Phi) is 5.23. The van der Waals surface area contributed by atoms with E-state index >= 15 is 0 Å². The molecule has 3 N–H and O–H groups in total. The second kappa shape index (κ2) is 7.61. The molecule has 0 unspecified atom stereocenters. The summed E-state index contributed by atoms with van der Waals surface area (Å²) < 4.78 is 0. The fourth-order valence-electron chi connectivity index (χ4n) is 2.90. The molecule has 8 nitrogen and oxygen atoms in total. The largest absolute Gasteiger partial charge is 0.478 e. The topological polar surface area (TPSA) is 111 Å². The molecule has 1 amide bonds. The zero-order valence-electron chi connectivity index (χ0n) is 15.9. The lowest BCUT2D eigenvalue weighted by Crippen LogP contribution is -2.17. The molecular weight excluding hydrogens is 358 g/mol. The number of aromatic carboxylic acids is 1. The molecule has 2 aromatic heterocycles. The molecule has 8 heteroatoms. The summed E-state index contributed by atoms with van der Waals surface area (Å²) in [6.07, 6.45) is 2.77. The van der Waals surface area contributed by atoms with E-state index in [-0.39, 0.29) is 11.5 Å². The van der Waals surface area contributed by atoms with Crippen LogP contribution in [0, 0.1) is 0 Å². The maximum atomic E-state index is 12.2. The Balaban J connectivity index is 2.16. The van der Waals surface area contributed by atoms with Crippen LogP contribution in [0.25, 0.3) is 22.3 Å². The van der Waals surface area contributed by atoms with Gasteiger partial charge in [-0.05, 0) is 32.6 Å². The second-order valence-corrected chi connectivity index (χ2v) is 6.80. The minimum Gasteiger partial charge on any atom is -0.478 e. The highest BCUT2D eigenvalue weighted by Crippen LogP contribution is 2.31. The van der Waals surface area contributed by atoms with Crippen molar-refractivity contribution in [3.63, 3.8) is 0 Å². The van der Waals surface area contributed by atoms with Gasteiger partial charge in [-0.2, -0.15) is 0 Å². The van der Waals surface area contributed by atoms with Gasteiger partial charge in [-0.3, -0.25) is 4.79 Å². The summed E-state index contributed by atoms with van der Waals surface area (Å²) in [5.41, 5.74) is 3.62. The minimum absolute atomic E-state index is 0.0930. The highest BCUT2D eigenvalue weighted by atomic mass is 16.4. The third kappa shape index (κ3) is 3.77. The van der Waals surface area contributed by atoms with E-state index in [1.807, 2.05) is 31.1 Å². The average molecular weight is 379 g/mol. The lowest BCUT2D eigenvalue weighted by molar-refractivity contribution is -0.112. The van der Waals surface area contributed by atoms with Crippen LogP contribution in [-0.4, -0.2) is 50.9 Å². The van der Waals surface area contributed by atoms with Crippen molar-refractivity contribution in [1.82, 2.24) is 19.9 Å². The lowest BCUT2D eigenvalue weighted by Gasteiger charge is -2.16. The van der Waals surface area contributed by atoms with Crippen molar-refractivity contribution in [2.45, 2.75) is 13.5 Å². The lowest BCUT2D eigenvalue weighted by atomic mass is 10.0. The van der Waals surface area contributed by atoms with Gasteiger partial charge in [-0.1, -0.05) is 18.7 Å². The molecule has 0 bridgehead atoms. The summed E-state index contributed by atoms with van der Waals surface area (Å²) in [5, 5.41) is 12.8. The van der Waals surface area contributed by atoms with Gasteiger partial charge in [0.05, 0.1) is 16.6 Å². The number of carbonyl (C=O) groups excluding carboxylic acids is 1. The van der Waals surface area contributed by atoms with Gasteiger partial charge in [0.25, 0.3) is 5.91 Å². The molecule has 0 saturated carbocycles. The van der Waals surface area contributed by atoms with E-state index in [1.165, 1.54) is 12.5 Å². The predicted molar refractivity (Wildman–Crippen MR) is 107 cm³/mol. The summed E-state index contributed by atoms with van der Waals surface area (Å²) >= 11 is 0. The van der Waals surface area contributed by atoms with Crippen LogP contribution in [0.4, 0.5) is 5.69 Å². The number of amides is 1. The Bertz CT molecular complexity index is 1080. The van der Waals surface area contributed by atoms with Gasteiger partial charge in [-0.25, -0.2) is 14.8 Å². The molecular formula is C20H21N5O3. The van der Waals surface area contributed by atoms with Crippen LogP contribution in [0.5, 0.6) is 0 Å². The summed E-state index contributed by atoms with van der Waals surface area (Å²) in [6.45, 7) is 5.93. The normalized spacial score (nSPS) is 11.0. The first kappa shape index (κ1) is 19.2. The van der Waals surface area contributed by atoms with Crippen LogP contribution in [0.1, 0.15) is 22.8 Å². The molecule has 0 fully saturated rings. The fourth-order valence-corrected chi connectivity index (χ4v) is 2.90. The first-order valence-electron chi connectivity index (χ1n) is 8.58. The van der Waals surface area contributed by atoms with Crippen LogP contribution in [0.15, 0.2) is 42.9 Å². The number of aromatic amines is 1. The minimum atomic E-state index is -1.07. The number of benzene rings is 1. The molecule has 2 heterocycles. The monoisotopic (exact) mass is 379 g/mol. The molecule has 28 heavy (non-hydrogen) atoms. The van der Waals surface area contributed by atoms with Crippen molar-refractivity contribution in [3.05, 3.63) is 54.0 Å². The Morgan fingerprint density at radius 2 is 2.04 bits per heavy atom. The van der Waals surface area contributed by atoms with Gasteiger partial charge < -0.3 is 20.3 Å². The number of carboxylic acid groups (broad SMARTS) is 1. The smallest absolute Gasteiger partial charge is 0.338 e. The third-order valence-electron chi connectivity index (χ3n) is 4.21. The van der Waals surface area contributed by atoms with E-state index < -0.39 is 5.97 Å². The average Bonchev–Trinajstić information content (AvgIpc) is 3.07. The van der Waals surface area contributed by atoms with E-state index in [0.717, 1.165) is 5.56 Å². The number of anilines is 1. The molecule has 0 saturated heterocycles. The zero-order valence-corrected chi connectivity index (χ0v) is 15.9. The standard InChI is InChI=1S/C20H21N5O3/c1-11(2)19(26)24-15-7-12(5-6-13(15)9-25(3)4)17-16-14(20(27)28)8-21-18(16)23-10-22-17/h5-8,10H,1,9H2,2-4H3,(H,24,26)(H,27,28)(H,21,22,23). The van der Waals surface area contributed by atoms with Gasteiger partial charge >= 0.3 is 5.97 Å². The number of carboxylic acids is 1. The number of hydrogen-bond donors (Lipinski definition) is 3. The molecule has 0 aliphatic rings. The summed E-state index contributed by atoms with van der Waals surface area (Å²) in [7, 11) is 3.87. The highest BCUT2D eigenvalue weighted by Gasteiger charge is 2.18. The van der Waals surface area contributed by atoms with Gasteiger partial charge in [-0.15, -0.1) is 0 Å². The Labute approximate surface area is 161 Å². The summed E-state index contributed by atoms with van der Waals surface area (Å²) in [6, 6.07) is 5.54. The SMILES string of the molecule is C=C(C)C(=O)Nc1cc(-c2ncnc3[nH]cc(C(=O)O)c23)ccc1CN(C)C. The maximum absolute atomic E-state index is 12.2. The highest BCUT2D eigenvalue weighted by molar-refractivity contribution is 6.08. The summed E-state index contributed by atoms with van der Waals surface area (Å²) in [5.74, 6) is -1.35. The molecule has 144 valence electrons. The second-order valence-electron chi connectivity index (χ2n) is 6.80. The van der Waals surface area contributed by atoms with E-state index in [0.29, 0.717) is 40.1 Å². The molecule has 0 atom stereocenters. The first-order valence-corrected chi connectivity index (χ1v) is 8.58. The van der Waals surface area contributed by atoms with Gasteiger partial charge in [0, 0.05) is 29.6 Å². The Hall–Kier alpha value is -3.52. The van der Waals surface area contributed by atoms with Crippen molar-refractivity contribution in [3.8, 4) is 11.3 Å². The van der Waals surface area contributed by atoms with E-state index in [4.69, 9.17) is 0 Å².